The van der Waals surface area contributed by atoms with E-state index in [9.17, 15) is 4.79 Å². The highest BCUT2D eigenvalue weighted by Gasteiger charge is 2.36. The molecule has 2 aliphatic heterocycles. The van der Waals surface area contributed by atoms with Gasteiger partial charge in [0, 0.05) is 49.5 Å². The second-order valence-electron chi connectivity index (χ2n) is 8.62. The minimum absolute atomic E-state index is 0.00395. The number of nitrogens with zero attached hydrogens (tertiary/aromatic N) is 3. The third kappa shape index (κ3) is 4.94. The van der Waals surface area contributed by atoms with E-state index in [0.717, 1.165) is 61.1 Å². The van der Waals surface area contributed by atoms with Gasteiger partial charge in [-0.3, -0.25) is 4.79 Å². The molecule has 1 saturated heterocycles. The topological polar surface area (TPSA) is 45.2 Å². The summed E-state index contributed by atoms with van der Waals surface area (Å²) in [5.41, 5.74) is 4.34. The number of piperazine rings is 1. The Hall–Kier alpha value is -2.00. The summed E-state index contributed by atoms with van der Waals surface area (Å²) in [6.07, 6.45) is 1.97. The zero-order valence-electron chi connectivity index (χ0n) is 19.8. The van der Waals surface area contributed by atoms with Crippen molar-refractivity contribution in [2.24, 2.45) is 0 Å². The second-order valence-corrected chi connectivity index (χ2v) is 9.70. The first-order chi connectivity index (χ1) is 16.1. The number of alkyl halides is 1. The molecule has 1 atom stereocenters. The third-order valence-corrected chi connectivity index (χ3v) is 7.67. The Morgan fingerprint density at radius 1 is 1.03 bits per heavy atom. The SMILES string of the molecule is CCN1CCN(c2cccc3c2CN([C@H](CCCI)c2ccc(OC)c(OC)c2)C3=O)CC1. The number of fused-ring (bicyclic) bond motifs is 1. The van der Waals surface area contributed by atoms with Gasteiger partial charge in [0.15, 0.2) is 11.5 Å². The van der Waals surface area contributed by atoms with E-state index in [1.54, 1.807) is 14.2 Å². The Morgan fingerprint density at radius 2 is 1.79 bits per heavy atom. The van der Waals surface area contributed by atoms with E-state index in [0.29, 0.717) is 18.0 Å². The molecule has 178 valence electrons. The van der Waals surface area contributed by atoms with Crippen molar-refractivity contribution < 1.29 is 14.3 Å². The van der Waals surface area contributed by atoms with Crippen molar-refractivity contribution in [1.82, 2.24) is 9.80 Å². The van der Waals surface area contributed by atoms with Crippen LogP contribution in [0.1, 0.15) is 47.3 Å². The van der Waals surface area contributed by atoms with Crippen LogP contribution in [0.3, 0.4) is 0 Å². The highest BCUT2D eigenvalue weighted by Crippen LogP contribution is 2.40. The minimum atomic E-state index is 0.00395. The van der Waals surface area contributed by atoms with Crippen LogP contribution in [0.5, 0.6) is 11.5 Å². The predicted octanol–water partition coefficient (Wildman–Crippen LogP) is 4.76. The maximum atomic E-state index is 13.6. The van der Waals surface area contributed by atoms with Crippen molar-refractivity contribution in [3.63, 3.8) is 0 Å². The van der Waals surface area contributed by atoms with E-state index in [4.69, 9.17) is 9.47 Å². The molecule has 2 aliphatic rings. The minimum Gasteiger partial charge on any atom is -0.493 e. The molecule has 0 aromatic heterocycles. The summed E-state index contributed by atoms with van der Waals surface area (Å²) in [5, 5.41) is 0. The molecule has 0 radical (unpaired) electrons. The van der Waals surface area contributed by atoms with Crippen molar-refractivity contribution in [1.29, 1.82) is 0 Å². The third-order valence-electron chi connectivity index (χ3n) is 6.91. The summed E-state index contributed by atoms with van der Waals surface area (Å²) in [4.78, 5) is 20.6. The lowest BCUT2D eigenvalue weighted by atomic mass is 10.00. The quantitative estimate of drug-likeness (QED) is 0.326. The van der Waals surface area contributed by atoms with Gasteiger partial charge in [0.05, 0.1) is 20.3 Å². The van der Waals surface area contributed by atoms with Crippen LogP contribution >= 0.6 is 22.6 Å². The maximum absolute atomic E-state index is 13.6. The van der Waals surface area contributed by atoms with E-state index in [1.807, 2.05) is 24.3 Å². The van der Waals surface area contributed by atoms with E-state index >= 15 is 0 Å². The highest BCUT2D eigenvalue weighted by atomic mass is 127. The van der Waals surface area contributed by atoms with Gasteiger partial charge >= 0.3 is 0 Å². The number of methoxy groups -OCH3 is 2. The first-order valence-electron chi connectivity index (χ1n) is 11.8. The average Bonchev–Trinajstić information content (AvgIpc) is 3.20. The molecule has 33 heavy (non-hydrogen) atoms. The normalized spacial score (nSPS) is 17.3. The molecule has 0 spiro atoms. The number of ether oxygens (including phenoxy) is 2. The number of carbonyl (C=O) groups excluding carboxylic acids is 1. The number of rotatable bonds is 9. The molecule has 2 aromatic carbocycles. The lowest BCUT2D eigenvalue weighted by molar-refractivity contribution is 0.0691. The van der Waals surface area contributed by atoms with Crippen LogP contribution in [0.25, 0.3) is 0 Å². The Labute approximate surface area is 211 Å². The fourth-order valence-corrected chi connectivity index (χ4v) is 5.46. The second kappa shape index (κ2) is 11.0. The molecule has 6 nitrogen and oxygen atoms in total. The molecule has 0 saturated carbocycles. The van der Waals surface area contributed by atoms with Crippen molar-refractivity contribution >= 4 is 34.2 Å². The van der Waals surface area contributed by atoms with Crippen LogP contribution in [-0.2, 0) is 6.54 Å². The molecular formula is C26H34IN3O3. The van der Waals surface area contributed by atoms with Crippen LogP contribution < -0.4 is 14.4 Å². The van der Waals surface area contributed by atoms with Gasteiger partial charge in [0.2, 0.25) is 0 Å². The summed E-state index contributed by atoms with van der Waals surface area (Å²) in [5.74, 6) is 1.54. The zero-order valence-corrected chi connectivity index (χ0v) is 22.0. The Bertz CT molecular complexity index is 975. The van der Waals surface area contributed by atoms with Gasteiger partial charge in [-0.15, -0.1) is 0 Å². The summed E-state index contributed by atoms with van der Waals surface area (Å²) >= 11 is 2.41. The van der Waals surface area contributed by atoms with Gasteiger partial charge in [0.25, 0.3) is 5.91 Å². The number of amides is 1. The van der Waals surface area contributed by atoms with E-state index in [-0.39, 0.29) is 11.9 Å². The van der Waals surface area contributed by atoms with Crippen molar-refractivity contribution in [2.75, 3.05) is 56.3 Å². The van der Waals surface area contributed by atoms with Gasteiger partial charge < -0.3 is 24.2 Å². The molecule has 1 fully saturated rings. The van der Waals surface area contributed by atoms with Gasteiger partial charge in [-0.2, -0.15) is 0 Å². The smallest absolute Gasteiger partial charge is 0.255 e. The standard InChI is InChI=1S/C26H34IN3O3/c1-4-28-13-15-29(16-14-28)23-8-5-7-20-21(23)18-30(26(20)31)22(9-6-12-27)19-10-11-24(32-2)25(17-19)33-3/h5,7-8,10-11,17,22H,4,6,9,12-16,18H2,1-3H3/t22-/m1/s1. The van der Waals surface area contributed by atoms with Crippen LogP contribution in [0.15, 0.2) is 36.4 Å². The van der Waals surface area contributed by atoms with Gasteiger partial charge in [-0.25, -0.2) is 0 Å². The Morgan fingerprint density at radius 3 is 2.45 bits per heavy atom. The number of anilines is 1. The molecule has 7 heteroatoms. The maximum Gasteiger partial charge on any atom is 0.255 e. The number of benzene rings is 2. The summed E-state index contributed by atoms with van der Waals surface area (Å²) in [6.45, 7) is 8.12. The number of likely N-dealkylation sites (N-methyl/N-ethyl adjacent to an activating group) is 1. The summed E-state index contributed by atoms with van der Waals surface area (Å²) in [6, 6.07) is 12.3. The molecule has 0 aliphatic carbocycles. The molecule has 0 bridgehead atoms. The van der Waals surface area contributed by atoms with E-state index < -0.39 is 0 Å². The lowest BCUT2D eigenvalue weighted by Gasteiger charge is -2.36. The van der Waals surface area contributed by atoms with Gasteiger partial charge in [-0.1, -0.05) is 41.6 Å². The molecule has 2 heterocycles. The monoisotopic (exact) mass is 563 g/mol. The van der Waals surface area contributed by atoms with Crippen LogP contribution in [-0.4, -0.2) is 67.1 Å². The predicted molar refractivity (Wildman–Crippen MR) is 141 cm³/mol. The van der Waals surface area contributed by atoms with E-state index in [2.05, 4.69) is 56.3 Å². The summed E-state index contributed by atoms with van der Waals surface area (Å²) in [7, 11) is 3.30. The Kier molecular flexibility index (Phi) is 8.01. The fraction of sp³-hybridized carbons (Fsp3) is 0.500. The Balaban J connectivity index is 1.63. The molecule has 2 aromatic rings. The van der Waals surface area contributed by atoms with Gasteiger partial charge in [-0.05, 0) is 53.6 Å². The number of halogens is 1. The van der Waals surface area contributed by atoms with Crippen LogP contribution in [0.2, 0.25) is 0 Å². The lowest BCUT2D eigenvalue weighted by Crippen LogP contribution is -2.46. The van der Waals surface area contributed by atoms with Crippen molar-refractivity contribution in [3.8, 4) is 11.5 Å². The fourth-order valence-electron chi connectivity index (χ4n) is 5.02. The average molecular weight is 563 g/mol. The molecule has 1 amide bonds. The van der Waals surface area contributed by atoms with Crippen molar-refractivity contribution in [3.05, 3.63) is 53.1 Å². The first-order valence-corrected chi connectivity index (χ1v) is 13.3. The molecule has 0 N–H and O–H groups in total. The van der Waals surface area contributed by atoms with Crippen molar-refractivity contribution in [2.45, 2.75) is 32.4 Å². The molecular weight excluding hydrogens is 529 g/mol. The number of hydrogen-bond acceptors (Lipinski definition) is 5. The highest BCUT2D eigenvalue weighted by molar-refractivity contribution is 14.1. The van der Waals surface area contributed by atoms with Crippen LogP contribution in [0.4, 0.5) is 5.69 Å². The molecule has 4 rings (SSSR count). The van der Waals surface area contributed by atoms with E-state index in [1.165, 1.54) is 11.3 Å². The molecule has 0 unspecified atom stereocenters. The largest absolute Gasteiger partial charge is 0.493 e. The number of carbonyl (C=O) groups is 1. The van der Waals surface area contributed by atoms with Gasteiger partial charge in [0.1, 0.15) is 0 Å². The summed E-state index contributed by atoms with van der Waals surface area (Å²) < 4.78 is 12.0. The first kappa shape index (κ1) is 24.1. The van der Waals surface area contributed by atoms with Crippen LogP contribution in [0, 0.1) is 0 Å². The zero-order chi connectivity index (χ0) is 23.4. The number of hydrogen-bond donors (Lipinski definition) is 0.